The maximum absolute atomic E-state index is 12.7. The fourth-order valence-corrected chi connectivity index (χ4v) is 4.15. The van der Waals surface area contributed by atoms with Gasteiger partial charge in [-0.3, -0.25) is 0 Å². The molecule has 5 nitrogen and oxygen atoms in total. The highest BCUT2D eigenvalue weighted by Gasteiger charge is 2.37. The van der Waals surface area contributed by atoms with Gasteiger partial charge in [0.05, 0.1) is 4.90 Å². The summed E-state index contributed by atoms with van der Waals surface area (Å²) in [6.45, 7) is 4.19. The molecule has 2 unspecified atom stereocenters. The monoisotopic (exact) mass is 294 g/mol. The quantitative estimate of drug-likeness (QED) is 0.633. The first-order valence-electron chi connectivity index (χ1n) is 6.62. The molecule has 0 aromatic heterocycles. The Kier molecular flexibility index (Phi) is 4.38. The van der Waals surface area contributed by atoms with Crippen LogP contribution in [0.2, 0.25) is 0 Å². The standard InChI is InChI=1S/C14H18N2O3S/c1-11-5-7-13(8-6-11)20(18,19)16-9-3-4-12(2)14(16)15-10-17/h5-8,12,14H,3-4,9H2,1-2H3. The number of aryl methyl sites for hydroxylation is 1. The minimum absolute atomic E-state index is 0.0189. The van der Waals surface area contributed by atoms with E-state index in [4.69, 9.17) is 0 Å². The Morgan fingerprint density at radius 1 is 1.30 bits per heavy atom. The van der Waals surface area contributed by atoms with E-state index >= 15 is 0 Å². The van der Waals surface area contributed by atoms with Gasteiger partial charge in [-0.15, -0.1) is 0 Å². The SMILES string of the molecule is Cc1ccc(S(=O)(=O)N2CCCC(C)C2N=C=O)cc1. The second-order valence-electron chi connectivity index (χ2n) is 5.18. The van der Waals surface area contributed by atoms with Crippen LogP contribution in [0.3, 0.4) is 0 Å². The second-order valence-corrected chi connectivity index (χ2v) is 7.07. The molecule has 1 aromatic carbocycles. The lowest BCUT2D eigenvalue weighted by Crippen LogP contribution is -2.46. The van der Waals surface area contributed by atoms with E-state index in [1.165, 1.54) is 10.4 Å². The highest BCUT2D eigenvalue weighted by Crippen LogP contribution is 2.29. The molecule has 0 saturated carbocycles. The Balaban J connectivity index is 2.40. The predicted molar refractivity (Wildman–Crippen MR) is 75.4 cm³/mol. The van der Waals surface area contributed by atoms with Crippen LogP contribution in [0, 0.1) is 12.8 Å². The van der Waals surface area contributed by atoms with E-state index in [-0.39, 0.29) is 10.8 Å². The van der Waals surface area contributed by atoms with Gasteiger partial charge in [-0.2, -0.15) is 9.30 Å². The first-order valence-corrected chi connectivity index (χ1v) is 8.06. The van der Waals surface area contributed by atoms with Gasteiger partial charge in [-0.1, -0.05) is 24.6 Å². The van der Waals surface area contributed by atoms with E-state index in [1.54, 1.807) is 24.3 Å². The highest BCUT2D eigenvalue weighted by molar-refractivity contribution is 7.89. The summed E-state index contributed by atoms with van der Waals surface area (Å²) in [5.74, 6) is 0.0189. The molecule has 0 radical (unpaired) electrons. The van der Waals surface area contributed by atoms with Crippen LogP contribution in [-0.4, -0.2) is 31.5 Å². The summed E-state index contributed by atoms with van der Waals surface area (Å²) in [7, 11) is -3.62. The van der Waals surface area contributed by atoms with E-state index in [0.29, 0.717) is 6.54 Å². The third-order valence-electron chi connectivity index (χ3n) is 3.65. The molecule has 1 fully saturated rings. The summed E-state index contributed by atoms with van der Waals surface area (Å²) in [6, 6.07) is 6.70. The summed E-state index contributed by atoms with van der Waals surface area (Å²) < 4.78 is 26.6. The van der Waals surface area contributed by atoms with Crippen molar-refractivity contribution in [2.75, 3.05) is 6.54 Å². The molecule has 1 aromatic rings. The molecular formula is C14H18N2O3S. The van der Waals surface area contributed by atoms with Gasteiger partial charge < -0.3 is 0 Å². The zero-order valence-corrected chi connectivity index (χ0v) is 12.4. The number of benzene rings is 1. The van der Waals surface area contributed by atoms with Crippen LogP contribution >= 0.6 is 0 Å². The zero-order chi connectivity index (χ0) is 14.8. The van der Waals surface area contributed by atoms with Crippen molar-refractivity contribution in [2.45, 2.75) is 37.8 Å². The van der Waals surface area contributed by atoms with Crippen LogP contribution < -0.4 is 0 Å². The van der Waals surface area contributed by atoms with Gasteiger partial charge in [0.1, 0.15) is 6.17 Å². The van der Waals surface area contributed by atoms with Crippen LogP contribution in [0.4, 0.5) is 0 Å². The number of aliphatic imine (C=N–C) groups is 1. The molecule has 20 heavy (non-hydrogen) atoms. The maximum atomic E-state index is 12.7. The molecule has 2 atom stereocenters. The second kappa shape index (κ2) is 5.87. The van der Waals surface area contributed by atoms with Crippen molar-refractivity contribution in [3.8, 4) is 0 Å². The van der Waals surface area contributed by atoms with Gasteiger partial charge in [0, 0.05) is 6.54 Å². The Morgan fingerprint density at radius 2 is 1.95 bits per heavy atom. The molecule has 0 spiro atoms. The minimum atomic E-state index is -3.62. The molecule has 0 amide bonds. The van der Waals surface area contributed by atoms with Crippen molar-refractivity contribution in [3.05, 3.63) is 29.8 Å². The molecule has 1 heterocycles. The van der Waals surface area contributed by atoms with Gasteiger partial charge in [-0.05, 0) is 37.8 Å². The highest BCUT2D eigenvalue weighted by atomic mass is 32.2. The summed E-state index contributed by atoms with van der Waals surface area (Å²) in [5, 5.41) is 0. The normalized spacial score (nSPS) is 24.1. The molecule has 1 saturated heterocycles. The third kappa shape index (κ3) is 2.82. The minimum Gasteiger partial charge on any atom is -0.211 e. The number of isocyanates is 1. The Hall–Kier alpha value is -1.49. The number of hydrogen-bond donors (Lipinski definition) is 0. The number of rotatable bonds is 3. The smallest absolute Gasteiger partial charge is 0.211 e. The third-order valence-corrected chi connectivity index (χ3v) is 5.54. The van der Waals surface area contributed by atoms with E-state index in [9.17, 15) is 13.2 Å². The lowest BCUT2D eigenvalue weighted by molar-refractivity contribution is 0.194. The van der Waals surface area contributed by atoms with Crippen molar-refractivity contribution in [2.24, 2.45) is 10.9 Å². The predicted octanol–water partition coefficient (Wildman–Crippen LogP) is 2.08. The van der Waals surface area contributed by atoms with Crippen molar-refractivity contribution in [1.82, 2.24) is 4.31 Å². The Bertz CT molecular complexity index is 618. The van der Waals surface area contributed by atoms with Crippen LogP contribution in [0.15, 0.2) is 34.2 Å². The molecular weight excluding hydrogens is 276 g/mol. The van der Waals surface area contributed by atoms with Crippen molar-refractivity contribution < 1.29 is 13.2 Å². The molecule has 1 aliphatic heterocycles. The van der Waals surface area contributed by atoms with Crippen LogP contribution in [0.5, 0.6) is 0 Å². The lowest BCUT2D eigenvalue weighted by atomic mass is 9.98. The van der Waals surface area contributed by atoms with Crippen molar-refractivity contribution in [3.63, 3.8) is 0 Å². The number of nitrogens with zero attached hydrogens (tertiary/aromatic N) is 2. The van der Waals surface area contributed by atoms with E-state index in [2.05, 4.69) is 4.99 Å². The fourth-order valence-electron chi connectivity index (χ4n) is 2.49. The van der Waals surface area contributed by atoms with E-state index < -0.39 is 16.2 Å². The Morgan fingerprint density at radius 3 is 2.55 bits per heavy atom. The molecule has 2 rings (SSSR count). The van der Waals surface area contributed by atoms with Crippen molar-refractivity contribution >= 4 is 16.1 Å². The van der Waals surface area contributed by atoms with E-state index in [1.807, 2.05) is 13.8 Å². The first-order chi connectivity index (χ1) is 9.46. The van der Waals surface area contributed by atoms with Gasteiger partial charge in [0.15, 0.2) is 0 Å². The van der Waals surface area contributed by atoms with Gasteiger partial charge in [0.2, 0.25) is 16.1 Å². The lowest BCUT2D eigenvalue weighted by Gasteiger charge is -2.35. The molecule has 0 N–H and O–H groups in total. The number of sulfonamides is 1. The molecule has 6 heteroatoms. The van der Waals surface area contributed by atoms with Gasteiger partial charge >= 0.3 is 0 Å². The van der Waals surface area contributed by atoms with Crippen LogP contribution in [0.25, 0.3) is 0 Å². The average molecular weight is 294 g/mol. The van der Waals surface area contributed by atoms with Gasteiger partial charge in [-0.25, -0.2) is 13.2 Å². The van der Waals surface area contributed by atoms with Crippen molar-refractivity contribution in [1.29, 1.82) is 0 Å². The largest absolute Gasteiger partial charge is 0.244 e. The van der Waals surface area contributed by atoms with E-state index in [0.717, 1.165) is 18.4 Å². The number of piperidine rings is 1. The first kappa shape index (κ1) is 14.9. The number of carbonyl (C=O) groups excluding carboxylic acids is 1. The fraction of sp³-hybridized carbons (Fsp3) is 0.500. The zero-order valence-electron chi connectivity index (χ0n) is 11.6. The summed E-state index contributed by atoms with van der Waals surface area (Å²) in [6.07, 6.45) is 2.49. The molecule has 0 aliphatic carbocycles. The summed E-state index contributed by atoms with van der Waals surface area (Å²) >= 11 is 0. The molecule has 0 bridgehead atoms. The summed E-state index contributed by atoms with van der Waals surface area (Å²) in [5.41, 5.74) is 0.999. The van der Waals surface area contributed by atoms with Crippen LogP contribution in [-0.2, 0) is 14.8 Å². The summed E-state index contributed by atoms with van der Waals surface area (Å²) in [4.78, 5) is 14.5. The molecule has 1 aliphatic rings. The number of hydrogen-bond acceptors (Lipinski definition) is 4. The van der Waals surface area contributed by atoms with Crippen LogP contribution in [0.1, 0.15) is 25.3 Å². The maximum Gasteiger partial charge on any atom is 0.244 e. The Labute approximate surface area is 119 Å². The topological polar surface area (TPSA) is 66.8 Å². The van der Waals surface area contributed by atoms with Gasteiger partial charge in [0.25, 0.3) is 0 Å². The molecule has 108 valence electrons. The average Bonchev–Trinajstić information content (AvgIpc) is 2.41.